The van der Waals surface area contributed by atoms with Crippen molar-refractivity contribution in [3.63, 3.8) is 0 Å². The number of aryl methyl sites for hydroxylation is 2. The van der Waals surface area contributed by atoms with Gasteiger partial charge in [0.2, 0.25) is 0 Å². The first kappa shape index (κ1) is 18.4. The molecule has 28 heavy (non-hydrogen) atoms. The van der Waals surface area contributed by atoms with E-state index in [1.807, 2.05) is 46.1 Å². The molecule has 0 bridgehead atoms. The van der Waals surface area contributed by atoms with Crippen LogP contribution in [-0.4, -0.2) is 58.7 Å². The van der Waals surface area contributed by atoms with Gasteiger partial charge in [0.25, 0.3) is 5.91 Å². The molecule has 0 saturated carbocycles. The second-order valence-corrected chi connectivity index (χ2v) is 7.59. The van der Waals surface area contributed by atoms with Gasteiger partial charge in [0, 0.05) is 37.9 Å². The molecule has 0 unspecified atom stereocenters. The number of piperazine rings is 1. The Balaban J connectivity index is 1.79. The molecule has 5 heteroatoms. The van der Waals surface area contributed by atoms with Gasteiger partial charge in [-0.1, -0.05) is 42.0 Å². The van der Waals surface area contributed by atoms with Gasteiger partial charge in [-0.2, -0.15) is 5.10 Å². The maximum absolute atomic E-state index is 13.4. The summed E-state index contributed by atoms with van der Waals surface area (Å²) in [5.74, 6) is 0.0604. The lowest BCUT2D eigenvalue weighted by Crippen LogP contribution is -2.47. The first-order valence-electron chi connectivity index (χ1n) is 9.73. The van der Waals surface area contributed by atoms with Crippen molar-refractivity contribution >= 4 is 5.91 Å². The molecule has 1 saturated heterocycles. The number of nitrogens with zero attached hydrogens (tertiary/aromatic N) is 4. The lowest BCUT2D eigenvalue weighted by atomic mass is 10.00. The Hall–Kier alpha value is -2.92. The van der Waals surface area contributed by atoms with Gasteiger partial charge >= 0.3 is 0 Å². The highest BCUT2D eigenvalue weighted by atomic mass is 16.2. The molecule has 0 atom stereocenters. The predicted molar refractivity (Wildman–Crippen MR) is 112 cm³/mol. The fraction of sp³-hybridized carbons (Fsp3) is 0.304. The van der Waals surface area contributed by atoms with Gasteiger partial charge in [-0.25, -0.2) is 4.68 Å². The quantitative estimate of drug-likeness (QED) is 0.704. The van der Waals surface area contributed by atoms with Crippen LogP contribution in [0, 0.1) is 13.8 Å². The molecule has 0 N–H and O–H groups in total. The molecule has 1 aliphatic rings. The van der Waals surface area contributed by atoms with Gasteiger partial charge in [0.1, 0.15) is 5.69 Å². The molecule has 5 nitrogen and oxygen atoms in total. The van der Waals surface area contributed by atoms with Crippen molar-refractivity contribution in [1.29, 1.82) is 0 Å². The van der Waals surface area contributed by atoms with Gasteiger partial charge in [-0.05, 0) is 38.6 Å². The van der Waals surface area contributed by atoms with Crippen molar-refractivity contribution in [2.24, 2.45) is 0 Å². The highest BCUT2D eigenvalue weighted by Gasteiger charge is 2.26. The van der Waals surface area contributed by atoms with Gasteiger partial charge in [-0.15, -0.1) is 0 Å². The largest absolute Gasteiger partial charge is 0.336 e. The van der Waals surface area contributed by atoms with E-state index >= 15 is 0 Å². The normalized spacial score (nSPS) is 15.0. The number of rotatable bonds is 3. The van der Waals surface area contributed by atoms with Crippen LogP contribution in [0.2, 0.25) is 0 Å². The fourth-order valence-electron chi connectivity index (χ4n) is 3.70. The summed E-state index contributed by atoms with van der Waals surface area (Å²) in [6.07, 6.45) is 1.88. The van der Waals surface area contributed by atoms with Crippen LogP contribution >= 0.6 is 0 Å². The van der Waals surface area contributed by atoms with E-state index < -0.39 is 0 Å². The molecule has 0 aliphatic carbocycles. The van der Waals surface area contributed by atoms with E-state index in [2.05, 4.69) is 44.0 Å². The van der Waals surface area contributed by atoms with E-state index in [1.54, 1.807) is 0 Å². The van der Waals surface area contributed by atoms with Crippen molar-refractivity contribution in [3.05, 3.63) is 71.4 Å². The highest BCUT2D eigenvalue weighted by molar-refractivity contribution is 6.00. The Kier molecular flexibility index (Phi) is 5.01. The Morgan fingerprint density at radius 2 is 1.68 bits per heavy atom. The number of hydrogen-bond acceptors (Lipinski definition) is 3. The maximum Gasteiger partial charge on any atom is 0.257 e. The van der Waals surface area contributed by atoms with Crippen LogP contribution in [0.4, 0.5) is 0 Å². The number of hydrogen-bond donors (Lipinski definition) is 0. The summed E-state index contributed by atoms with van der Waals surface area (Å²) in [5.41, 5.74) is 5.72. The Morgan fingerprint density at radius 1 is 0.964 bits per heavy atom. The zero-order chi connectivity index (χ0) is 19.7. The summed E-state index contributed by atoms with van der Waals surface area (Å²) in [7, 11) is 2.09. The van der Waals surface area contributed by atoms with Crippen molar-refractivity contribution in [2.75, 3.05) is 33.2 Å². The predicted octanol–water partition coefficient (Wildman–Crippen LogP) is 3.54. The Labute approximate surface area is 166 Å². The van der Waals surface area contributed by atoms with E-state index in [1.165, 1.54) is 5.56 Å². The molecule has 2 heterocycles. The minimum Gasteiger partial charge on any atom is -0.336 e. The summed E-state index contributed by atoms with van der Waals surface area (Å²) < 4.78 is 1.82. The fourth-order valence-corrected chi connectivity index (χ4v) is 3.70. The molecule has 1 fully saturated rings. The number of carbonyl (C=O) groups excluding carboxylic acids is 1. The molecule has 3 aromatic rings. The number of para-hydroxylation sites is 1. The topological polar surface area (TPSA) is 41.4 Å². The molecular formula is C23H26N4O. The standard InChI is InChI=1S/C23H26N4O/c1-17-9-10-20(18(2)15-17)22-21(23(28)26-13-11-25(3)12-14-26)16-27(24-22)19-7-5-4-6-8-19/h4-10,15-16H,11-14H2,1-3H3. The van der Waals surface area contributed by atoms with Crippen LogP contribution in [0.5, 0.6) is 0 Å². The van der Waals surface area contributed by atoms with Crippen LogP contribution in [0.1, 0.15) is 21.5 Å². The summed E-state index contributed by atoms with van der Waals surface area (Å²) in [6.45, 7) is 7.45. The van der Waals surface area contributed by atoms with E-state index in [9.17, 15) is 4.79 Å². The first-order valence-corrected chi connectivity index (χ1v) is 9.73. The van der Waals surface area contributed by atoms with Gasteiger partial charge in [-0.3, -0.25) is 4.79 Å². The minimum absolute atomic E-state index is 0.0604. The lowest BCUT2D eigenvalue weighted by Gasteiger charge is -2.32. The average molecular weight is 374 g/mol. The third-order valence-corrected chi connectivity index (χ3v) is 5.39. The van der Waals surface area contributed by atoms with Gasteiger partial charge in [0.05, 0.1) is 11.3 Å². The van der Waals surface area contributed by atoms with Crippen molar-refractivity contribution in [1.82, 2.24) is 19.6 Å². The number of benzene rings is 2. The molecule has 1 amide bonds. The summed E-state index contributed by atoms with van der Waals surface area (Å²) in [5, 5.41) is 4.83. The third-order valence-electron chi connectivity index (χ3n) is 5.39. The van der Waals surface area contributed by atoms with E-state index in [4.69, 9.17) is 5.10 Å². The minimum atomic E-state index is 0.0604. The van der Waals surface area contributed by atoms with E-state index in [0.717, 1.165) is 48.7 Å². The summed E-state index contributed by atoms with van der Waals surface area (Å²) in [4.78, 5) is 17.6. The number of aromatic nitrogens is 2. The second-order valence-electron chi connectivity index (χ2n) is 7.59. The zero-order valence-corrected chi connectivity index (χ0v) is 16.7. The van der Waals surface area contributed by atoms with Crippen LogP contribution < -0.4 is 0 Å². The van der Waals surface area contributed by atoms with Crippen LogP contribution in [0.15, 0.2) is 54.7 Å². The summed E-state index contributed by atoms with van der Waals surface area (Å²) >= 11 is 0. The van der Waals surface area contributed by atoms with E-state index in [-0.39, 0.29) is 5.91 Å². The van der Waals surface area contributed by atoms with Crippen molar-refractivity contribution < 1.29 is 4.79 Å². The second kappa shape index (κ2) is 7.60. The van der Waals surface area contributed by atoms with Crippen molar-refractivity contribution in [2.45, 2.75) is 13.8 Å². The van der Waals surface area contributed by atoms with Gasteiger partial charge in [0.15, 0.2) is 0 Å². The number of carbonyl (C=O) groups is 1. The molecule has 2 aromatic carbocycles. The molecule has 0 spiro atoms. The van der Waals surface area contributed by atoms with Crippen LogP contribution in [-0.2, 0) is 0 Å². The highest BCUT2D eigenvalue weighted by Crippen LogP contribution is 2.28. The number of likely N-dealkylation sites (N-methyl/N-ethyl adjacent to an activating group) is 1. The van der Waals surface area contributed by atoms with Crippen LogP contribution in [0.25, 0.3) is 16.9 Å². The molecule has 0 radical (unpaired) electrons. The van der Waals surface area contributed by atoms with Crippen LogP contribution in [0.3, 0.4) is 0 Å². The zero-order valence-electron chi connectivity index (χ0n) is 16.7. The lowest BCUT2D eigenvalue weighted by molar-refractivity contribution is 0.0665. The average Bonchev–Trinajstić information content (AvgIpc) is 3.14. The maximum atomic E-state index is 13.4. The van der Waals surface area contributed by atoms with Gasteiger partial charge < -0.3 is 9.80 Å². The first-order chi connectivity index (χ1) is 13.5. The summed E-state index contributed by atoms with van der Waals surface area (Å²) in [6, 6.07) is 16.2. The molecule has 1 aliphatic heterocycles. The monoisotopic (exact) mass is 374 g/mol. The van der Waals surface area contributed by atoms with Crippen molar-refractivity contribution in [3.8, 4) is 16.9 Å². The molecule has 4 rings (SSSR count). The molecule has 1 aromatic heterocycles. The molecule has 144 valence electrons. The Morgan fingerprint density at radius 3 is 2.36 bits per heavy atom. The Bertz CT molecular complexity index is 985. The van der Waals surface area contributed by atoms with E-state index in [0.29, 0.717) is 5.56 Å². The third kappa shape index (κ3) is 3.58. The number of amides is 1. The SMILES string of the molecule is Cc1ccc(-c2nn(-c3ccccc3)cc2C(=O)N2CCN(C)CC2)c(C)c1. The molecular weight excluding hydrogens is 348 g/mol. The smallest absolute Gasteiger partial charge is 0.257 e.